The molecular weight excluding hydrogens is 165 g/mol. The van der Waals surface area contributed by atoms with Gasteiger partial charge in [-0.15, -0.1) is 12.4 Å². The van der Waals surface area contributed by atoms with E-state index in [1.807, 2.05) is 0 Å². The first-order valence-electron chi connectivity index (χ1n) is 0. The Balaban J connectivity index is 0. The summed E-state index contributed by atoms with van der Waals surface area (Å²) >= 11 is 0. The Morgan fingerprint density at radius 2 is 1.00 bits per heavy atom. The fourth-order valence-corrected chi connectivity index (χ4v) is 0. The molecule has 0 atom stereocenters. The van der Waals surface area contributed by atoms with E-state index in [-0.39, 0.29) is 98.2 Å². The van der Waals surface area contributed by atoms with Crippen molar-refractivity contribution in [3.63, 3.8) is 0 Å². The molecule has 1 radical (unpaired) electrons. The molecule has 0 aromatic heterocycles. The average molecular weight is 170 g/mol. The number of rotatable bonds is 0. The Hall–Kier alpha value is 2.98. The van der Waals surface area contributed by atoms with Crippen LogP contribution >= 0.6 is 12.4 Å². The third-order valence-electron chi connectivity index (χ3n) is 0. The Bertz CT molecular complexity index is 8.00. The molecule has 0 saturated carbocycles. The van der Waals surface area contributed by atoms with Crippen LogP contribution in [0.1, 0.15) is 0 Å². The van der Waals surface area contributed by atoms with Gasteiger partial charge in [0.15, 0.2) is 17.4 Å². The summed E-state index contributed by atoms with van der Waals surface area (Å²) in [5, 5.41) is 0. The molecule has 0 saturated heterocycles. The number of hydrogen-bond donors (Lipinski definition) is 0. The van der Waals surface area contributed by atoms with Crippen LogP contribution in [0.25, 0.3) is 0 Å². The second kappa shape index (κ2) is 16.7. The molecule has 27 valence electrons. The fraction of sp³-hybridized carbons (Fsp3) is 0. The Labute approximate surface area is 95.9 Å². The maximum atomic E-state index is 0. The van der Waals surface area contributed by atoms with Gasteiger partial charge >= 0.3 is 51.4 Å². The van der Waals surface area contributed by atoms with E-state index in [0.717, 1.165) is 0 Å². The standard InChI is InChI=1S/Al.ClH.Cu.K.4H/h;1H;;;;;;. The SMILES string of the molecule is Cl.[AlH3].[Cu].[KH]. The summed E-state index contributed by atoms with van der Waals surface area (Å²) in [5.74, 6) is 0. The molecule has 0 aliphatic carbocycles. The van der Waals surface area contributed by atoms with E-state index in [0.29, 0.717) is 0 Å². The topological polar surface area (TPSA) is 0 Å². The zero-order chi connectivity index (χ0) is 0. The van der Waals surface area contributed by atoms with E-state index in [2.05, 4.69) is 0 Å². The molecular formula is H5AlClCuK. The predicted octanol–water partition coefficient (Wildman–Crippen LogP) is -1.41. The molecule has 0 fully saturated rings. The molecule has 0 aliphatic rings. The summed E-state index contributed by atoms with van der Waals surface area (Å²) in [4.78, 5) is 0. The molecule has 4 heteroatoms. The van der Waals surface area contributed by atoms with Crippen molar-refractivity contribution >= 4 is 81.2 Å². The van der Waals surface area contributed by atoms with E-state index in [9.17, 15) is 0 Å². The molecule has 0 aromatic carbocycles. The normalized spacial score (nSPS) is 0. The van der Waals surface area contributed by atoms with E-state index < -0.39 is 0 Å². The van der Waals surface area contributed by atoms with Crippen molar-refractivity contribution in [3.8, 4) is 0 Å². The maximum absolute atomic E-state index is 0. The van der Waals surface area contributed by atoms with Crippen LogP contribution in [0.4, 0.5) is 0 Å². The zero-order valence-corrected chi connectivity index (χ0v) is 2.47. The summed E-state index contributed by atoms with van der Waals surface area (Å²) in [6.07, 6.45) is 0. The van der Waals surface area contributed by atoms with Crippen LogP contribution in [0.3, 0.4) is 0 Å². The van der Waals surface area contributed by atoms with Crippen LogP contribution in [0.5, 0.6) is 0 Å². The van der Waals surface area contributed by atoms with Crippen LogP contribution < -0.4 is 0 Å². The van der Waals surface area contributed by atoms with Crippen LogP contribution in [-0.2, 0) is 17.1 Å². The van der Waals surface area contributed by atoms with Gasteiger partial charge in [-0.2, -0.15) is 0 Å². The van der Waals surface area contributed by atoms with Crippen LogP contribution in [0, 0.1) is 0 Å². The predicted molar refractivity (Wildman–Crippen MR) is 24.3 cm³/mol. The Kier molecular flexibility index (Phi) is 117. The average Bonchev–Trinajstić information content (AvgIpc) is 0. The van der Waals surface area contributed by atoms with Gasteiger partial charge in [0.1, 0.15) is 0 Å². The van der Waals surface area contributed by atoms with Crippen molar-refractivity contribution in [3.05, 3.63) is 0 Å². The van der Waals surface area contributed by atoms with Gasteiger partial charge in [-0.25, -0.2) is 0 Å². The number of halogens is 1. The first-order valence-corrected chi connectivity index (χ1v) is 0. The summed E-state index contributed by atoms with van der Waals surface area (Å²) in [7, 11) is 0. The van der Waals surface area contributed by atoms with Gasteiger partial charge in [0.2, 0.25) is 0 Å². The van der Waals surface area contributed by atoms with Gasteiger partial charge in [-0.1, -0.05) is 0 Å². The van der Waals surface area contributed by atoms with Gasteiger partial charge in [0, 0.05) is 17.1 Å². The van der Waals surface area contributed by atoms with E-state index in [4.69, 9.17) is 0 Å². The van der Waals surface area contributed by atoms with Crippen LogP contribution in [-0.4, -0.2) is 68.7 Å². The van der Waals surface area contributed by atoms with Crippen molar-refractivity contribution in [2.24, 2.45) is 0 Å². The van der Waals surface area contributed by atoms with Gasteiger partial charge in [-0.05, 0) is 0 Å². The van der Waals surface area contributed by atoms with Gasteiger partial charge in [0.05, 0.1) is 0 Å². The van der Waals surface area contributed by atoms with Crippen molar-refractivity contribution in [2.45, 2.75) is 0 Å². The van der Waals surface area contributed by atoms with Crippen molar-refractivity contribution in [1.29, 1.82) is 0 Å². The summed E-state index contributed by atoms with van der Waals surface area (Å²) in [5.41, 5.74) is 0. The first-order chi connectivity index (χ1) is 0. The second-order valence-corrected chi connectivity index (χ2v) is 0. The molecule has 0 nitrogen and oxygen atoms in total. The quantitative estimate of drug-likeness (QED) is 0.392. The van der Waals surface area contributed by atoms with Crippen LogP contribution in [0.2, 0.25) is 0 Å². The second-order valence-electron chi connectivity index (χ2n) is 0. The Morgan fingerprint density at radius 3 is 1.00 bits per heavy atom. The summed E-state index contributed by atoms with van der Waals surface area (Å²) in [6, 6.07) is 0. The molecule has 0 aliphatic heterocycles. The van der Waals surface area contributed by atoms with Gasteiger partial charge < -0.3 is 0 Å². The molecule has 0 aromatic rings. The van der Waals surface area contributed by atoms with E-state index in [1.165, 1.54) is 0 Å². The molecule has 0 unspecified atom stereocenters. The molecule has 0 spiro atoms. The molecule has 0 bridgehead atoms. The summed E-state index contributed by atoms with van der Waals surface area (Å²) < 4.78 is 0. The molecule has 4 heavy (non-hydrogen) atoms. The van der Waals surface area contributed by atoms with Crippen molar-refractivity contribution in [1.82, 2.24) is 0 Å². The fourth-order valence-electron chi connectivity index (χ4n) is 0. The summed E-state index contributed by atoms with van der Waals surface area (Å²) in [6.45, 7) is 0. The van der Waals surface area contributed by atoms with Gasteiger partial charge in [-0.3, -0.25) is 0 Å². The van der Waals surface area contributed by atoms with Crippen molar-refractivity contribution in [2.75, 3.05) is 0 Å². The third kappa shape index (κ3) is 8.88. The zero-order valence-electron chi connectivity index (χ0n) is 0.710. The van der Waals surface area contributed by atoms with E-state index in [1.54, 1.807) is 0 Å². The number of hydrogen-bond acceptors (Lipinski definition) is 0. The van der Waals surface area contributed by atoms with E-state index >= 15 is 0 Å². The minimum atomic E-state index is 0. The first kappa shape index (κ1) is 28.1. The molecule has 0 amide bonds. The molecule has 0 rings (SSSR count). The van der Waals surface area contributed by atoms with Gasteiger partial charge in [0.25, 0.3) is 0 Å². The third-order valence-corrected chi connectivity index (χ3v) is 0. The van der Waals surface area contributed by atoms with Crippen molar-refractivity contribution < 1.29 is 17.1 Å². The monoisotopic (exact) mass is 169 g/mol. The molecule has 0 heterocycles. The molecule has 0 N–H and O–H groups in total. The minimum absolute atomic E-state index is 0. The Morgan fingerprint density at radius 1 is 1.00 bits per heavy atom. The van der Waals surface area contributed by atoms with Crippen LogP contribution in [0.15, 0.2) is 0 Å².